The quantitative estimate of drug-likeness (QED) is 0.489. The lowest BCUT2D eigenvalue weighted by Gasteiger charge is -2.54. The number of piperidine rings is 2. The number of benzene rings is 1. The lowest BCUT2D eigenvalue weighted by atomic mass is 9.72. The maximum atomic E-state index is 12.7. The molecule has 0 aromatic heterocycles. The molecule has 40 heavy (non-hydrogen) atoms. The number of alkyl halides is 3. The highest BCUT2D eigenvalue weighted by atomic mass is 35.5. The van der Waals surface area contributed by atoms with Crippen molar-refractivity contribution in [1.82, 2.24) is 14.1 Å². The zero-order valence-electron chi connectivity index (χ0n) is 23.1. The summed E-state index contributed by atoms with van der Waals surface area (Å²) in [5.74, 6) is 0. The largest absolute Gasteiger partial charge is 0.437 e. The van der Waals surface area contributed by atoms with Gasteiger partial charge in [0.2, 0.25) is 10.0 Å². The molecule has 0 saturated carbocycles. The first-order chi connectivity index (χ1) is 18.7. The van der Waals surface area contributed by atoms with Gasteiger partial charge in [-0.25, -0.2) is 17.5 Å². The summed E-state index contributed by atoms with van der Waals surface area (Å²) in [6.45, 7) is 6.95. The van der Waals surface area contributed by atoms with Crippen molar-refractivity contribution in [3.8, 4) is 0 Å². The van der Waals surface area contributed by atoms with Gasteiger partial charge in [-0.05, 0) is 62.0 Å². The Kier molecular flexibility index (Phi) is 8.04. The molecule has 1 atom stereocenters. The fourth-order valence-electron chi connectivity index (χ4n) is 6.82. The molecule has 4 aliphatic rings. The summed E-state index contributed by atoms with van der Waals surface area (Å²) < 4.78 is 68.5. The Morgan fingerprint density at radius 2 is 1.60 bits per heavy atom. The average molecular weight is 607 g/mol. The van der Waals surface area contributed by atoms with Crippen LogP contribution in [-0.2, 0) is 21.3 Å². The Balaban J connectivity index is 1.14. The van der Waals surface area contributed by atoms with Crippen molar-refractivity contribution in [3.05, 3.63) is 28.8 Å². The molecule has 5 rings (SSSR count). The number of halogens is 4. The number of rotatable bonds is 5. The van der Waals surface area contributed by atoms with Crippen LogP contribution in [0.25, 0.3) is 0 Å². The van der Waals surface area contributed by atoms with Crippen LogP contribution in [0.1, 0.15) is 44.6 Å². The second kappa shape index (κ2) is 10.8. The molecular formula is C27H38ClF3N4O4S. The van der Waals surface area contributed by atoms with Crippen molar-refractivity contribution in [1.29, 1.82) is 0 Å². The number of carbonyl (C=O) groups is 1. The van der Waals surface area contributed by atoms with Gasteiger partial charge in [-0.15, -0.1) is 0 Å². The van der Waals surface area contributed by atoms with Gasteiger partial charge in [-0.2, -0.15) is 13.2 Å². The number of anilines is 1. The number of amides is 1. The van der Waals surface area contributed by atoms with Crippen LogP contribution in [0.15, 0.2) is 18.2 Å². The number of ether oxygens (including phenoxy) is 1. The number of sulfonamides is 1. The van der Waals surface area contributed by atoms with Gasteiger partial charge in [-0.1, -0.05) is 17.7 Å². The molecule has 8 nitrogen and oxygen atoms in total. The van der Waals surface area contributed by atoms with Crippen molar-refractivity contribution in [2.45, 2.75) is 57.9 Å². The highest BCUT2D eigenvalue weighted by molar-refractivity contribution is 7.88. The number of carbonyl (C=O) groups excluding carboxylic acids is 1. The lowest BCUT2D eigenvalue weighted by molar-refractivity contribution is -0.200. The molecule has 1 aromatic rings. The molecule has 0 radical (unpaired) electrons. The number of hydrogen-bond acceptors (Lipinski definition) is 6. The second-order valence-corrected chi connectivity index (χ2v) is 14.7. The Morgan fingerprint density at radius 3 is 2.17 bits per heavy atom. The normalized spacial score (nSPS) is 24.4. The molecule has 4 fully saturated rings. The van der Waals surface area contributed by atoms with E-state index in [4.69, 9.17) is 11.6 Å². The van der Waals surface area contributed by atoms with Crippen molar-refractivity contribution < 1.29 is 31.1 Å². The van der Waals surface area contributed by atoms with Crippen LogP contribution in [-0.4, -0.2) is 99.5 Å². The third-order valence-electron chi connectivity index (χ3n) is 9.45. The third-order valence-corrected chi connectivity index (χ3v) is 11.1. The van der Waals surface area contributed by atoms with E-state index in [-0.39, 0.29) is 10.8 Å². The van der Waals surface area contributed by atoms with E-state index in [9.17, 15) is 26.4 Å². The van der Waals surface area contributed by atoms with Crippen molar-refractivity contribution in [2.24, 2.45) is 10.8 Å². The van der Waals surface area contributed by atoms with Crippen LogP contribution >= 0.6 is 11.6 Å². The van der Waals surface area contributed by atoms with Crippen molar-refractivity contribution in [2.75, 3.05) is 63.5 Å². The van der Waals surface area contributed by atoms with Crippen LogP contribution < -0.4 is 4.90 Å². The Morgan fingerprint density at radius 1 is 1.00 bits per heavy atom. The standard InChI is InChI=1S/C27H38ClF3N4O4S/c1-20(27(29,30)31)39-24(36)34-13-8-26(9-14-34)17-32(18-26)16-21-22(28)4-3-5-23(21)33-11-6-25(7-12-33)10-15-35(19-25)40(2,37)38/h3-5,20H,6-19H2,1-2H3. The van der Waals surface area contributed by atoms with Crippen LogP contribution in [0.4, 0.5) is 23.7 Å². The van der Waals surface area contributed by atoms with Crippen LogP contribution in [0, 0.1) is 10.8 Å². The van der Waals surface area contributed by atoms with E-state index in [1.807, 2.05) is 12.1 Å². The van der Waals surface area contributed by atoms with E-state index in [2.05, 4.69) is 20.6 Å². The molecule has 0 aliphatic carbocycles. The molecule has 1 aromatic carbocycles. The monoisotopic (exact) mass is 606 g/mol. The average Bonchev–Trinajstić information content (AvgIpc) is 3.28. The van der Waals surface area contributed by atoms with Gasteiger partial charge in [0.15, 0.2) is 6.10 Å². The summed E-state index contributed by atoms with van der Waals surface area (Å²) in [5.41, 5.74) is 2.31. The van der Waals surface area contributed by atoms with Gasteiger partial charge in [0.05, 0.1) is 6.26 Å². The van der Waals surface area contributed by atoms with E-state index in [1.165, 1.54) is 11.2 Å². The Bertz CT molecular complexity index is 1210. The maximum absolute atomic E-state index is 12.7. The molecular weight excluding hydrogens is 569 g/mol. The highest BCUT2D eigenvalue weighted by Gasteiger charge is 2.47. The molecule has 1 amide bonds. The summed E-state index contributed by atoms with van der Waals surface area (Å²) >= 11 is 6.70. The van der Waals surface area contributed by atoms with Crippen LogP contribution in [0.2, 0.25) is 5.02 Å². The summed E-state index contributed by atoms with van der Waals surface area (Å²) in [7, 11) is -3.17. The van der Waals surface area contributed by atoms with Crippen molar-refractivity contribution >= 4 is 33.4 Å². The van der Waals surface area contributed by atoms with Crippen LogP contribution in [0.3, 0.4) is 0 Å². The van der Waals surface area contributed by atoms with E-state index in [0.717, 1.165) is 81.5 Å². The molecule has 224 valence electrons. The minimum absolute atomic E-state index is 0.0498. The minimum Gasteiger partial charge on any atom is -0.437 e. The third kappa shape index (κ3) is 6.19. The molecule has 2 spiro atoms. The van der Waals surface area contributed by atoms with Gasteiger partial charge in [-0.3, -0.25) is 4.90 Å². The predicted molar refractivity (Wildman–Crippen MR) is 147 cm³/mol. The number of hydrogen-bond donors (Lipinski definition) is 0. The van der Waals surface area contributed by atoms with Crippen LogP contribution in [0.5, 0.6) is 0 Å². The van der Waals surface area contributed by atoms with Gasteiger partial charge in [0.25, 0.3) is 0 Å². The maximum Gasteiger partial charge on any atom is 0.425 e. The molecule has 4 saturated heterocycles. The molecule has 4 heterocycles. The first-order valence-corrected chi connectivity index (χ1v) is 16.1. The van der Waals surface area contributed by atoms with E-state index in [1.54, 1.807) is 4.31 Å². The fourth-order valence-corrected chi connectivity index (χ4v) is 7.98. The van der Waals surface area contributed by atoms with Gasteiger partial charge in [0, 0.05) is 75.2 Å². The second-order valence-electron chi connectivity index (χ2n) is 12.3. The molecule has 0 bridgehead atoms. The highest BCUT2D eigenvalue weighted by Crippen LogP contribution is 2.45. The van der Waals surface area contributed by atoms with E-state index >= 15 is 0 Å². The Hall–Kier alpha value is -1.76. The lowest BCUT2D eigenvalue weighted by Crippen LogP contribution is -2.60. The number of nitrogens with zero attached hydrogens (tertiary/aromatic N) is 4. The van der Waals surface area contributed by atoms with Gasteiger partial charge >= 0.3 is 12.3 Å². The van der Waals surface area contributed by atoms with E-state index < -0.39 is 28.4 Å². The molecule has 0 N–H and O–H groups in total. The Labute approximate surface area is 239 Å². The zero-order valence-corrected chi connectivity index (χ0v) is 24.6. The summed E-state index contributed by atoms with van der Waals surface area (Å²) in [4.78, 5) is 18.3. The first-order valence-electron chi connectivity index (χ1n) is 13.9. The van der Waals surface area contributed by atoms with E-state index in [0.29, 0.717) is 32.7 Å². The summed E-state index contributed by atoms with van der Waals surface area (Å²) in [6.07, 6.45) is -2.05. The minimum atomic E-state index is -4.57. The SMILES string of the molecule is CC(OC(=O)N1CCC2(CC1)CN(Cc1c(Cl)cccc1N1CCC3(CC1)CCN(S(C)(=O)=O)C3)C2)C(F)(F)F. The zero-order chi connectivity index (χ0) is 28.9. The van der Waals surface area contributed by atoms with Gasteiger partial charge in [0.1, 0.15) is 0 Å². The fraction of sp³-hybridized carbons (Fsp3) is 0.741. The number of likely N-dealkylation sites (tertiary alicyclic amines) is 2. The first kappa shape index (κ1) is 29.7. The topological polar surface area (TPSA) is 73.4 Å². The molecule has 1 unspecified atom stereocenters. The molecule has 4 aliphatic heterocycles. The summed E-state index contributed by atoms with van der Waals surface area (Å²) in [5, 5.41) is 0.721. The summed E-state index contributed by atoms with van der Waals surface area (Å²) in [6, 6.07) is 5.99. The van der Waals surface area contributed by atoms with Gasteiger partial charge < -0.3 is 14.5 Å². The van der Waals surface area contributed by atoms with Crippen molar-refractivity contribution in [3.63, 3.8) is 0 Å². The predicted octanol–water partition coefficient (Wildman–Crippen LogP) is 4.58. The smallest absolute Gasteiger partial charge is 0.425 e. The molecule has 13 heteroatoms.